The van der Waals surface area contributed by atoms with E-state index in [1.54, 1.807) is 36.4 Å². The number of rotatable bonds is 7. The molecule has 138 valence electrons. The van der Waals surface area contributed by atoms with Crippen LogP contribution in [0.2, 0.25) is 5.02 Å². The molecule has 6 heteroatoms. The van der Waals surface area contributed by atoms with Crippen LogP contribution in [0.15, 0.2) is 48.8 Å². The Balaban J connectivity index is 2.08. The van der Waals surface area contributed by atoms with Crippen molar-refractivity contribution >= 4 is 23.4 Å². The Bertz CT molecular complexity index is 732. The SMILES string of the molecule is CC(C)C(=O)N(Cc1ccc(Cl)cc1)[C@@H](C)C(=O)NCc1cccnc1. The first-order chi connectivity index (χ1) is 12.4. The number of benzene rings is 1. The molecule has 5 nitrogen and oxygen atoms in total. The average Bonchev–Trinajstić information content (AvgIpc) is 2.65. The van der Waals surface area contributed by atoms with Gasteiger partial charge in [-0.1, -0.05) is 43.6 Å². The normalized spacial score (nSPS) is 11.9. The molecule has 1 heterocycles. The van der Waals surface area contributed by atoms with Crippen molar-refractivity contribution in [1.82, 2.24) is 15.2 Å². The number of aromatic nitrogens is 1. The number of carbonyl (C=O) groups excluding carboxylic acids is 2. The summed E-state index contributed by atoms with van der Waals surface area (Å²) < 4.78 is 0. The first-order valence-corrected chi connectivity index (χ1v) is 8.98. The minimum absolute atomic E-state index is 0.0658. The van der Waals surface area contributed by atoms with Crippen LogP contribution in [0, 0.1) is 5.92 Å². The lowest BCUT2D eigenvalue weighted by atomic mass is 10.1. The van der Waals surface area contributed by atoms with E-state index >= 15 is 0 Å². The predicted octanol–water partition coefficient (Wildman–Crippen LogP) is 3.42. The smallest absolute Gasteiger partial charge is 0.242 e. The lowest BCUT2D eigenvalue weighted by Crippen LogP contribution is -2.48. The maximum atomic E-state index is 12.6. The highest BCUT2D eigenvalue weighted by atomic mass is 35.5. The molecule has 0 saturated heterocycles. The number of nitrogens with zero attached hydrogens (tertiary/aromatic N) is 2. The van der Waals surface area contributed by atoms with E-state index in [-0.39, 0.29) is 17.7 Å². The molecule has 0 fully saturated rings. The summed E-state index contributed by atoms with van der Waals surface area (Å²) in [5.74, 6) is -0.461. The molecule has 1 aromatic carbocycles. The third-order valence-corrected chi connectivity index (χ3v) is 4.33. The van der Waals surface area contributed by atoms with E-state index in [0.717, 1.165) is 11.1 Å². The molecule has 2 aromatic rings. The van der Waals surface area contributed by atoms with E-state index in [0.29, 0.717) is 18.1 Å². The van der Waals surface area contributed by atoms with Crippen LogP contribution in [0.3, 0.4) is 0 Å². The fourth-order valence-electron chi connectivity index (χ4n) is 2.50. The molecule has 0 spiro atoms. The van der Waals surface area contributed by atoms with Gasteiger partial charge in [0.25, 0.3) is 0 Å². The summed E-state index contributed by atoms with van der Waals surface area (Å²) >= 11 is 5.92. The molecule has 0 aliphatic carbocycles. The van der Waals surface area contributed by atoms with Gasteiger partial charge in [-0.25, -0.2) is 0 Å². The average molecular weight is 374 g/mol. The topological polar surface area (TPSA) is 62.3 Å². The highest BCUT2D eigenvalue weighted by Crippen LogP contribution is 2.16. The largest absolute Gasteiger partial charge is 0.350 e. The van der Waals surface area contributed by atoms with Crippen LogP contribution in [-0.4, -0.2) is 27.7 Å². The van der Waals surface area contributed by atoms with E-state index in [9.17, 15) is 9.59 Å². The molecule has 0 unspecified atom stereocenters. The third kappa shape index (κ3) is 5.56. The lowest BCUT2D eigenvalue weighted by Gasteiger charge is -2.30. The van der Waals surface area contributed by atoms with Crippen molar-refractivity contribution in [2.45, 2.75) is 39.9 Å². The number of pyridine rings is 1. The summed E-state index contributed by atoms with van der Waals surface area (Å²) in [6.07, 6.45) is 3.39. The molecule has 1 aromatic heterocycles. The number of carbonyl (C=O) groups is 2. The highest BCUT2D eigenvalue weighted by Gasteiger charge is 2.27. The molecule has 0 bridgehead atoms. The standard InChI is InChI=1S/C20H24ClN3O2/c1-14(2)20(26)24(13-16-6-8-18(21)9-7-16)15(3)19(25)23-12-17-5-4-10-22-11-17/h4-11,14-15H,12-13H2,1-3H3,(H,23,25)/t15-/m0/s1. The van der Waals surface area contributed by atoms with Gasteiger partial charge < -0.3 is 10.2 Å². The second-order valence-electron chi connectivity index (χ2n) is 6.50. The zero-order chi connectivity index (χ0) is 19.1. The van der Waals surface area contributed by atoms with Crippen molar-refractivity contribution < 1.29 is 9.59 Å². The van der Waals surface area contributed by atoms with Gasteiger partial charge in [0.15, 0.2) is 0 Å². The van der Waals surface area contributed by atoms with Crippen molar-refractivity contribution in [3.63, 3.8) is 0 Å². The zero-order valence-corrected chi connectivity index (χ0v) is 16.0. The van der Waals surface area contributed by atoms with Crippen molar-refractivity contribution in [3.05, 3.63) is 64.9 Å². The summed E-state index contributed by atoms with van der Waals surface area (Å²) in [5.41, 5.74) is 1.84. The van der Waals surface area contributed by atoms with Crippen molar-refractivity contribution in [3.8, 4) is 0 Å². The highest BCUT2D eigenvalue weighted by molar-refractivity contribution is 6.30. The number of nitrogens with one attached hydrogen (secondary N) is 1. The van der Waals surface area contributed by atoms with Crippen molar-refractivity contribution in [2.24, 2.45) is 5.92 Å². The van der Waals surface area contributed by atoms with E-state index in [1.165, 1.54) is 0 Å². The first kappa shape index (κ1) is 19.9. The molecular weight excluding hydrogens is 350 g/mol. The summed E-state index contributed by atoms with van der Waals surface area (Å²) in [6.45, 7) is 6.14. The first-order valence-electron chi connectivity index (χ1n) is 8.60. The van der Waals surface area contributed by atoms with Gasteiger partial charge in [0.1, 0.15) is 6.04 Å². The molecular formula is C20H24ClN3O2. The number of halogens is 1. The molecule has 0 radical (unpaired) electrons. The Kier molecular flexibility index (Phi) is 7.16. The molecule has 0 aliphatic rings. The van der Waals surface area contributed by atoms with E-state index in [2.05, 4.69) is 10.3 Å². The Hall–Kier alpha value is -2.40. The quantitative estimate of drug-likeness (QED) is 0.808. The summed E-state index contributed by atoms with van der Waals surface area (Å²) in [4.78, 5) is 30.9. The zero-order valence-electron chi connectivity index (χ0n) is 15.3. The Morgan fingerprint density at radius 2 is 1.81 bits per heavy atom. The van der Waals surface area contributed by atoms with Gasteiger partial charge in [-0.15, -0.1) is 0 Å². The summed E-state index contributed by atoms with van der Waals surface area (Å²) in [5, 5.41) is 3.51. The monoisotopic (exact) mass is 373 g/mol. The van der Waals surface area contributed by atoms with Crippen LogP contribution in [0.25, 0.3) is 0 Å². The van der Waals surface area contributed by atoms with Crippen LogP contribution < -0.4 is 5.32 Å². The van der Waals surface area contributed by atoms with Gasteiger partial charge in [0.2, 0.25) is 11.8 Å². The molecule has 26 heavy (non-hydrogen) atoms. The fraction of sp³-hybridized carbons (Fsp3) is 0.350. The molecule has 0 saturated carbocycles. The second kappa shape index (κ2) is 9.34. The van der Waals surface area contributed by atoms with Crippen LogP contribution >= 0.6 is 11.6 Å². The van der Waals surface area contributed by atoms with E-state index in [4.69, 9.17) is 11.6 Å². The van der Waals surface area contributed by atoms with Crippen molar-refractivity contribution in [1.29, 1.82) is 0 Å². The number of hydrogen-bond donors (Lipinski definition) is 1. The maximum Gasteiger partial charge on any atom is 0.242 e. The Morgan fingerprint density at radius 1 is 1.12 bits per heavy atom. The third-order valence-electron chi connectivity index (χ3n) is 4.08. The minimum atomic E-state index is -0.586. The predicted molar refractivity (Wildman–Crippen MR) is 102 cm³/mol. The Labute approximate surface area is 159 Å². The number of hydrogen-bond acceptors (Lipinski definition) is 3. The second-order valence-corrected chi connectivity index (χ2v) is 6.94. The lowest BCUT2D eigenvalue weighted by molar-refractivity contribution is -0.143. The molecule has 2 amide bonds. The minimum Gasteiger partial charge on any atom is -0.350 e. The Morgan fingerprint density at radius 3 is 2.38 bits per heavy atom. The van der Waals surface area contributed by atoms with Gasteiger partial charge in [-0.05, 0) is 36.2 Å². The molecule has 1 atom stereocenters. The fourth-order valence-corrected chi connectivity index (χ4v) is 2.63. The van der Waals surface area contributed by atoms with Gasteiger partial charge >= 0.3 is 0 Å². The summed E-state index contributed by atoms with van der Waals surface area (Å²) in [7, 11) is 0. The van der Waals surface area contributed by atoms with Crippen LogP contribution in [-0.2, 0) is 22.7 Å². The van der Waals surface area contributed by atoms with Crippen LogP contribution in [0.1, 0.15) is 31.9 Å². The van der Waals surface area contributed by atoms with Crippen LogP contribution in [0.4, 0.5) is 0 Å². The van der Waals surface area contributed by atoms with Gasteiger partial charge in [0.05, 0.1) is 0 Å². The molecule has 1 N–H and O–H groups in total. The van der Waals surface area contributed by atoms with Gasteiger partial charge in [-0.2, -0.15) is 0 Å². The van der Waals surface area contributed by atoms with Gasteiger partial charge in [0, 0.05) is 36.4 Å². The molecule has 2 rings (SSSR count). The van der Waals surface area contributed by atoms with Crippen LogP contribution in [0.5, 0.6) is 0 Å². The summed E-state index contributed by atoms with van der Waals surface area (Å²) in [6, 6.07) is 10.4. The molecule has 0 aliphatic heterocycles. The number of amides is 2. The van der Waals surface area contributed by atoms with E-state index < -0.39 is 6.04 Å². The van der Waals surface area contributed by atoms with E-state index in [1.807, 2.05) is 38.1 Å². The maximum absolute atomic E-state index is 12.6. The van der Waals surface area contributed by atoms with Gasteiger partial charge in [-0.3, -0.25) is 14.6 Å². The van der Waals surface area contributed by atoms with Crippen molar-refractivity contribution in [2.75, 3.05) is 0 Å².